The fraction of sp³-hybridized carbons (Fsp3) is 0.438. The lowest BCUT2D eigenvalue weighted by atomic mass is 10.1. The van der Waals surface area contributed by atoms with Gasteiger partial charge >= 0.3 is 6.09 Å². The van der Waals surface area contributed by atoms with E-state index < -0.39 is 11.7 Å². The molecule has 1 aromatic rings. The Labute approximate surface area is 141 Å². The van der Waals surface area contributed by atoms with E-state index in [9.17, 15) is 14.4 Å². The highest BCUT2D eigenvalue weighted by atomic mass is 32.1. The van der Waals surface area contributed by atoms with Crippen LogP contribution >= 0.6 is 12.6 Å². The molecule has 0 bridgehead atoms. The van der Waals surface area contributed by atoms with E-state index in [0.29, 0.717) is 5.56 Å². The lowest BCUT2D eigenvalue weighted by molar-refractivity contribution is -0.110. The zero-order valence-electron chi connectivity index (χ0n) is 13.5. The second-order valence-electron chi connectivity index (χ2n) is 5.95. The Morgan fingerprint density at radius 1 is 1.04 bits per heavy atom. The van der Waals surface area contributed by atoms with Gasteiger partial charge < -0.3 is 15.4 Å². The number of carbonyl (C=O) groups is 3. The first kappa shape index (κ1) is 19.0. The van der Waals surface area contributed by atoms with Crippen LogP contribution in [0.25, 0.3) is 0 Å². The molecule has 0 spiro atoms. The number of alkyl carbamates (subject to hydrolysis) is 1. The van der Waals surface area contributed by atoms with Gasteiger partial charge in [-0.15, -0.1) is 12.6 Å². The van der Waals surface area contributed by atoms with Crippen molar-refractivity contribution in [2.45, 2.75) is 32.8 Å². The molecule has 0 aliphatic heterocycles. The summed E-state index contributed by atoms with van der Waals surface area (Å²) >= 11 is 3.71. The summed E-state index contributed by atoms with van der Waals surface area (Å²) in [6, 6.07) is 6.70. The summed E-state index contributed by atoms with van der Waals surface area (Å²) in [4.78, 5) is 34.2. The monoisotopic (exact) mass is 338 g/mol. The van der Waals surface area contributed by atoms with Gasteiger partial charge in [-0.1, -0.05) is 12.1 Å². The quantitative estimate of drug-likeness (QED) is 0.547. The van der Waals surface area contributed by atoms with E-state index in [1.54, 1.807) is 45.0 Å². The molecule has 0 saturated heterocycles. The molecule has 0 aliphatic carbocycles. The van der Waals surface area contributed by atoms with E-state index >= 15 is 0 Å². The van der Waals surface area contributed by atoms with E-state index in [1.807, 2.05) is 0 Å². The number of amides is 2. The smallest absolute Gasteiger partial charge is 0.407 e. The number of carbonyl (C=O) groups excluding carboxylic acids is 3. The van der Waals surface area contributed by atoms with Crippen LogP contribution in [0.2, 0.25) is 0 Å². The van der Waals surface area contributed by atoms with Crippen LogP contribution in [0.1, 0.15) is 36.7 Å². The number of nitrogens with one attached hydrogen (secondary N) is 2. The molecule has 23 heavy (non-hydrogen) atoms. The number of thiol groups is 1. The van der Waals surface area contributed by atoms with Crippen LogP contribution in [0.4, 0.5) is 4.79 Å². The molecule has 0 aromatic heterocycles. The molecule has 0 atom stereocenters. The Morgan fingerprint density at radius 3 is 2.13 bits per heavy atom. The molecule has 7 heteroatoms. The Kier molecular flexibility index (Phi) is 7.09. The van der Waals surface area contributed by atoms with Crippen LogP contribution in [0.15, 0.2) is 24.3 Å². The van der Waals surface area contributed by atoms with Crippen LogP contribution in [0.3, 0.4) is 0 Å². The minimum atomic E-state index is -0.552. The number of hydrogen-bond donors (Lipinski definition) is 3. The highest BCUT2D eigenvalue weighted by molar-refractivity contribution is 7.96. The molecular formula is C16H22N2O4S. The van der Waals surface area contributed by atoms with Crippen LogP contribution in [-0.4, -0.2) is 35.8 Å². The zero-order chi connectivity index (χ0) is 17.5. The molecule has 2 amide bonds. The van der Waals surface area contributed by atoms with Crippen molar-refractivity contribution in [1.82, 2.24) is 10.6 Å². The van der Waals surface area contributed by atoms with Crippen molar-refractivity contribution in [3.05, 3.63) is 35.4 Å². The standard InChI is InChI=1S/C16H22N2O4S/c1-16(2,3)22-15(21)18-9-8-17-14(20)12-6-4-11(5-7-12)10-13(19)23/h4-7H,8-10H2,1-3H3,(H,17,20)(H,18,21)(H,19,23). The zero-order valence-corrected chi connectivity index (χ0v) is 14.4. The van der Waals surface area contributed by atoms with E-state index in [1.165, 1.54) is 0 Å². The molecule has 126 valence electrons. The predicted octanol–water partition coefficient (Wildman–Crippen LogP) is 1.94. The number of hydrogen-bond acceptors (Lipinski definition) is 4. The van der Waals surface area contributed by atoms with Crippen molar-refractivity contribution in [3.63, 3.8) is 0 Å². The molecule has 0 radical (unpaired) electrons. The first-order valence-electron chi connectivity index (χ1n) is 7.23. The molecule has 1 rings (SSSR count). The van der Waals surface area contributed by atoms with Gasteiger partial charge in [0.2, 0.25) is 0 Å². The van der Waals surface area contributed by atoms with Gasteiger partial charge in [-0.3, -0.25) is 9.59 Å². The first-order chi connectivity index (χ1) is 10.7. The third-order valence-corrected chi connectivity index (χ3v) is 2.81. The Balaban J connectivity index is 2.34. The number of benzene rings is 1. The lowest BCUT2D eigenvalue weighted by Gasteiger charge is -2.19. The summed E-state index contributed by atoms with van der Waals surface area (Å²) in [6.45, 7) is 5.89. The van der Waals surface area contributed by atoms with Crippen LogP contribution in [0.5, 0.6) is 0 Å². The van der Waals surface area contributed by atoms with Gasteiger partial charge in [-0.2, -0.15) is 0 Å². The van der Waals surface area contributed by atoms with Crippen molar-refractivity contribution in [3.8, 4) is 0 Å². The van der Waals surface area contributed by atoms with Crippen molar-refractivity contribution in [2.75, 3.05) is 13.1 Å². The molecule has 0 heterocycles. The van der Waals surface area contributed by atoms with Gasteiger partial charge in [0.1, 0.15) is 5.60 Å². The van der Waals surface area contributed by atoms with Crippen LogP contribution in [-0.2, 0) is 16.0 Å². The Bertz CT molecular complexity index is 564. The van der Waals surface area contributed by atoms with Crippen molar-refractivity contribution in [1.29, 1.82) is 0 Å². The molecule has 0 fully saturated rings. The maximum atomic E-state index is 11.9. The summed E-state index contributed by atoms with van der Waals surface area (Å²) in [6.07, 6.45) is -0.294. The molecule has 6 nitrogen and oxygen atoms in total. The summed E-state index contributed by atoms with van der Waals surface area (Å²) in [5.74, 6) is -0.250. The normalized spacial score (nSPS) is 10.8. The number of rotatable bonds is 6. The number of ether oxygens (including phenoxy) is 1. The minimum Gasteiger partial charge on any atom is -0.444 e. The van der Waals surface area contributed by atoms with Gasteiger partial charge in [0.05, 0.1) is 0 Å². The third-order valence-electron chi connectivity index (χ3n) is 2.65. The fourth-order valence-corrected chi connectivity index (χ4v) is 1.89. The van der Waals surface area contributed by atoms with Gasteiger partial charge in [-0.25, -0.2) is 4.79 Å². The van der Waals surface area contributed by atoms with Crippen molar-refractivity contribution in [2.24, 2.45) is 0 Å². The summed E-state index contributed by atoms with van der Waals surface area (Å²) in [5.41, 5.74) is 0.731. The summed E-state index contributed by atoms with van der Waals surface area (Å²) < 4.78 is 5.08. The topological polar surface area (TPSA) is 84.5 Å². The van der Waals surface area contributed by atoms with Crippen molar-refractivity contribution < 1.29 is 19.1 Å². The highest BCUT2D eigenvalue weighted by Crippen LogP contribution is 2.07. The first-order valence-corrected chi connectivity index (χ1v) is 7.68. The van der Waals surface area contributed by atoms with E-state index in [-0.39, 0.29) is 30.5 Å². The molecule has 0 saturated carbocycles. The van der Waals surface area contributed by atoms with Crippen LogP contribution in [0, 0.1) is 0 Å². The average Bonchev–Trinajstić information content (AvgIpc) is 2.41. The average molecular weight is 338 g/mol. The van der Waals surface area contributed by atoms with Gasteiger partial charge in [0.15, 0.2) is 5.12 Å². The fourth-order valence-electron chi connectivity index (χ4n) is 1.71. The Morgan fingerprint density at radius 2 is 1.61 bits per heavy atom. The minimum absolute atomic E-state index is 0.226. The second-order valence-corrected chi connectivity index (χ2v) is 6.45. The van der Waals surface area contributed by atoms with E-state index in [2.05, 4.69) is 23.3 Å². The van der Waals surface area contributed by atoms with E-state index in [0.717, 1.165) is 5.56 Å². The molecule has 2 N–H and O–H groups in total. The largest absolute Gasteiger partial charge is 0.444 e. The van der Waals surface area contributed by atoms with Gasteiger partial charge in [-0.05, 0) is 38.5 Å². The SMILES string of the molecule is CC(C)(C)OC(=O)NCCNC(=O)c1ccc(CC(=O)S)cc1. The van der Waals surface area contributed by atoms with E-state index in [4.69, 9.17) is 4.74 Å². The summed E-state index contributed by atoms with van der Waals surface area (Å²) in [7, 11) is 0. The maximum Gasteiger partial charge on any atom is 0.407 e. The predicted molar refractivity (Wildman–Crippen MR) is 90.7 cm³/mol. The van der Waals surface area contributed by atoms with Crippen LogP contribution < -0.4 is 10.6 Å². The highest BCUT2D eigenvalue weighted by Gasteiger charge is 2.15. The molecule has 0 aliphatic rings. The maximum absolute atomic E-state index is 11.9. The summed E-state index contributed by atoms with van der Waals surface area (Å²) in [5, 5.41) is 5.01. The second kappa shape index (κ2) is 8.57. The van der Waals surface area contributed by atoms with Crippen molar-refractivity contribution >= 4 is 29.7 Å². The lowest BCUT2D eigenvalue weighted by Crippen LogP contribution is -2.37. The molecule has 1 aromatic carbocycles. The Hall–Kier alpha value is -2.02. The molecule has 0 unspecified atom stereocenters. The molecular weight excluding hydrogens is 316 g/mol. The third kappa shape index (κ3) is 8.25. The van der Waals surface area contributed by atoms with Gasteiger partial charge in [0.25, 0.3) is 5.91 Å². The van der Waals surface area contributed by atoms with Gasteiger partial charge in [0, 0.05) is 25.1 Å².